The first-order chi connectivity index (χ1) is 11.6. The molecule has 0 bridgehead atoms. The molecule has 1 unspecified atom stereocenters. The SMILES string of the molecule is COCCCNC(=O)CC1C(=O)NCCN1Cc1ccccc1C. The Morgan fingerprint density at radius 1 is 1.42 bits per heavy atom. The molecule has 2 amide bonds. The van der Waals surface area contributed by atoms with Gasteiger partial charge in [-0.25, -0.2) is 0 Å². The van der Waals surface area contributed by atoms with E-state index in [1.807, 2.05) is 12.1 Å². The molecule has 0 saturated carbocycles. The van der Waals surface area contributed by atoms with Crippen molar-refractivity contribution >= 4 is 11.8 Å². The van der Waals surface area contributed by atoms with E-state index in [4.69, 9.17) is 4.74 Å². The number of hydrogen-bond donors (Lipinski definition) is 2. The molecule has 1 fully saturated rings. The first kappa shape index (κ1) is 18.4. The number of nitrogens with zero attached hydrogens (tertiary/aromatic N) is 1. The molecule has 6 nitrogen and oxygen atoms in total. The van der Waals surface area contributed by atoms with Gasteiger partial charge in [0.25, 0.3) is 0 Å². The first-order valence-corrected chi connectivity index (χ1v) is 8.43. The van der Waals surface area contributed by atoms with Crippen molar-refractivity contribution in [3.8, 4) is 0 Å². The molecule has 1 aliphatic heterocycles. The minimum absolute atomic E-state index is 0.0677. The molecule has 132 valence electrons. The quantitative estimate of drug-likeness (QED) is 0.692. The molecular weight excluding hydrogens is 306 g/mol. The molecule has 6 heteroatoms. The zero-order valence-corrected chi connectivity index (χ0v) is 14.5. The van der Waals surface area contributed by atoms with Gasteiger partial charge in [0.2, 0.25) is 11.8 Å². The lowest BCUT2D eigenvalue weighted by Crippen LogP contribution is -2.56. The second kappa shape index (κ2) is 9.39. The third-order valence-electron chi connectivity index (χ3n) is 4.30. The van der Waals surface area contributed by atoms with Crippen LogP contribution in [-0.4, -0.2) is 56.1 Å². The second-order valence-electron chi connectivity index (χ2n) is 6.10. The third kappa shape index (κ3) is 5.32. The zero-order valence-electron chi connectivity index (χ0n) is 14.5. The van der Waals surface area contributed by atoms with E-state index in [1.165, 1.54) is 11.1 Å². The van der Waals surface area contributed by atoms with Gasteiger partial charge in [0.05, 0.1) is 12.5 Å². The van der Waals surface area contributed by atoms with Crippen molar-refractivity contribution in [3.63, 3.8) is 0 Å². The highest BCUT2D eigenvalue weighted by Crippen LogP contribution is 2.16. The lowest BCUT2D eigenvalue weighted by Gasteiger charge is -2.35. The molecule has 0 spiro atoms. The van der Waals surface area contributed by atoms with Gasteiger partial charge in [-0.05, 0) is 24.5 Å². The van der Waals surface area contributed by atoms with Crippen LogP contribution in [0.5, 0.6) is 0 Å². The number of piperazine rings is 1. The number of rotatable bonds is 8. The number of ether oxygens (including phenoxy) is 1. The molecule has 1 aliphatic rings. The maximum Gasteiger partial charge on any atom is 0.237 e. The summed E-state index contributed by atoms with van der Waals surface area (Å²) in [7, 11) is 1.64. The highest BCUT2D eigenvalue weighted by Gasteiger charge is 2.31. The average Bonchev–Trinajstić information content (AvgIpc) is 2.57. The van der Waals surface area contributed by atoms with Crippen molar-refractivity contribution in [2.24, 2.45) is 0 Å². The van der Waals surface area contributed by atoms with Gasteiger partial charge < -0.3 is 15.4 Å². The largest absolute Gasteiger partial charge is 0.385 e. The van der Waals surface area contributed by atoms with Crippen LogP contribution in [0.1, 0.15) is 24.0 Å². The van der Waals surface area contributed by atoms with Crippen molar-refractivity contribution in [1.82, 2.24) is 15.5 Å². The summed E-state index contributed by atoms with van der Waals surface area (Å²) in [5, 5.41) is 5.72. The molecule has 1 saturated heterocycles. The second-order valence-corrected chi connectivity index (χ2v) is 6.10. The number of benzene rings is 1. The van der Waals surface area contributed by atoms with Crippen molar-refractivity contribution < 1.29 is 14.3 Å². The first-order valence-electron chi connectivity index (χ1n) is 8.43. The molecule has 0 aromatic heterocycles. The Bertz CT molecular complexity index is 562. The lowest BCUT2D eigenvalue weighted by molar-refractivity contribution is -0.134. The Morgan fingerprint density at radius 2 is 2.21 bits per heavy atom. The number of amides is 2. The van der Waals surface area contributed by atoms with Crippen LogP contribution in [0.25, 0.3) is 0 Å². The van der Waals surface area contributed by atoms with Gasteiger partial charge in [0.1, 0.15) is 0 Å². The van der Waals surface area contributed by atoms with Crippen LogP contribution in [0.3, 0.4) is 0 Å². The summed E-state index contributed by atoms with van der Waals surface area (Å²) in [6.07, 6.45) is 0.955. The maximum absolute atomic E-state index is 12.2. The molecule has 0 aliphatic carbocycles. The van der Waals surface area contributed by atoms with Crippen molar-refractivity contribution in [2.75, 3.05) is 33.4 Å². The van der Waals surface area contributed by atoms with E-state index in [1.54, 1.807) is 7.11 Å². The normalized spacial score (nSPS) is 18.2. The highest BCUT2D eigenvalue weighted by molar-refractivity contribution is 5.88. The van der Waals surface area contributed by atoms with Crippen molar-refractivity contribution in [2.45, 2.75) is 32.4 Å². The number of carbonyl (C=O) groups is 2. The van der Waals surface area contributed by atoms with E-state index < -0.39 is 6.04 Å². The molecule has 1 heterocycles. The Labute approximate surface area is 143 Å². The van der Waals surface area contributed by atoms with Gasteiger partial charge in [-0.2, -0.15) is 0 Å². The van der Waals surface area contributed by atoms with E-state index in [0.717, 1.165) is 13.0 Å². The average molecular weight is 333 g/mol. The van der Waals surface area contributed by atoms with Crippen LogP contribution in [0.15, 0.2) is 24.3 Å². The van der Waals surface area contributed by atoms with Crippen LogP contribution in [0, 0.1) is 6.92 Å². The molecular formula is C18H27N3O3. The van der Waals surface area contributed by atoms with Crippen LogP contribution in [0.4, 0.5) is 0 Å². The van der Waals surface area contributed by atoms with Gasteiger partial charge in [0.15, 0.2) is 0 Å². The standard InChI is InChI=1S/C18H27N3O3/c1-14-6-3-4-7-15(14)13-21-10-9-20-18(23)16(21)12-17(22)19-8-5-11-24-2/h3-4,6-7,16H,5,8-13H2,1-2H3,(H,19,22)(H,20,23). The smallest absolute Gasteiger partial charge is 0.237 e. The number of carbonyl (C=O) groups excluding carboxylic acids is 2. The lowest BCUT2D eigenvalue weighted by atomic mass is 10.0. The number of aryl methyl sites for hydroxylation is 1. The van der Waals surface area contributed by atoms with Crippen LogP contribution >= 0.6 is 0 Å². The predicted octanol–water partition coefficient (Wildman–Crippen LogP) is 0.838. The van der Waals surface area contributed by atoms with E-state index in [-0.39, 0.29) is 18.2 Å². The van der Waals surface area contributed by atoms with Crippen LogP contribution in [-0.2, 0) is 20.9 Å². The van der Waals surface area contributed by atoms with E-state index in [0.29, 0.717) is 26.2 Å². The van der Waals surface area contributed by atoms with Crippen molar-refractivity contribution in [1.29, 1.82) is 0 Å². The fraction of sp³-hybridized carbons (Fsp3) is 0.556. The molecule has 24 heavy (non-hydrogen) atoms. The van der Waals surface area contributed by atoms with Gasteiger partial charge in [-0.15, -0.1) is 0 Å². The summed E-state index contributed by atoms with van der Waals surface area (Å²) in [6, 6.07) is 7.73. The zero-order chi connectivity index (χ0) is 17.4. The summed E-state index contributed by atoms with van der Waals surface area (Å²) in [5.74, 6) is -0.162. The van der Waals surface area contributed by atoms with Crippen LogP contribution in [0.2, 0.25) is 0 Å². The Morgan fingerprint density at radius 3 is 2.96 bits per heavy atom. The Kier molecular flexibility index (Phi) is 7.21. The molecule has 1 aromatic carbocycles. The minimum atomic E-state index is -0.416. The van der Waals surface area contributed by atoms with Gasteiger partial charge in [-0.1, -0.05) is 24.3 Å². The molecule has 1 atom stereocenters. The number of hydrogen-bond acceptors (Lipinski definition) is 4. The summed E-state index contributed by atoms with van der Waals surface area (Å²) >= 11 is 0. The topological polar surface area (TPSA) is 70.7 Å². The molecule has 0 radical (unpaired) electrons. The minimum Gasteiger partial charge on any atom is -0.385 e. The van der Waals surface area contributed by atoms with Gasteiger partial charge >= 0.3 is 0 Å². The Balaban J connectivity index is 1.94. The summed E-state index contributed by atoms with van der Waals surface area (Å²) in [4.78, 5) is 26.5. The fourth-order valence-corrected chi connectivity index (χ4v) is 2.87. The molecule has 2 N–H and O–H groups in total. The maximum atomic E-state index is 12.2. The van der Waals surface area contributed by atoms with Gasteiger partial charge in [0, 0.05) is 39.9 Å². The molecule has 1 aromatic rings. The van der Waals surface area contributed by atoms with Gasteiger partial charge in [-0.3, -0.25) is 14.5 Å². The predicted molar refractivity (Wildman–Crippen MR) is 92.5 cm³/mol. The highest BCUT2D eigenvalue weighted by atomic mass is 16.5. The van der Waals surface area contributed by atoms with Crippen molar-refractivity contribution in [3.05, 3.63) is 35.4 Å². The molecule has 2 rings (SSSR count). The monoisotopic (exact) mass is 333 g/mol. The third-order valence-corrected chi connectivity index (χ3v) is 4.30. The summed E-state index contributed by atoms with van der Waals surface area (Å²) < 4.78 is 4.96. The fourth-order valence-electron chi connectivity index (χ4n) is 2.87. The summed E-state index contributed by atoms with van der Waals surface area (Å²) in [6.45, 7) is 5.30. The number of nitrogens with one attached hydrogen (secondary N) is 2. The van der Waals surface area contributed by atoms with E-state index >= 15 is 0 Å². The van der Waals surface area contributed by atoms with E-state index in [2.05, 4.69) is 34.6 Å². The Hall–Kier alpha value is -1.92. The van der Waals surface area contributed by atoms with E-state index in [9.17, 15) is 9.59 Å². The summed E-state index contributed by atoms with van der Waals surface area (Å²) in [5.41, 5.74) is 2.39. The number of methoxy groups -OCH3 is 1. The van der Waals surface area contributed by atoms with Crippen LogP contribution < -0.4 is 10.6 Å².